The van der Waals surface area contributed by atoms with Crippen LogP contribution in [0, 0.1) is 161 Å². The van der Waals surface area contributed by atoms with Crippen LogP contribution in [-0.2, 0) is 138 Å². The normalized spacial score (nSPS) is 5.53. The van der Waals surface area contributed by atoms with E-state index in [0.29, 0.717) is 6.61 Å². The minimum atomic E-state index is -0.248. The van der Waals surface area contributed by atoms with E-state index in [1.54, 1.807) is 53.8 Å². The van der Waals surface area contributed by atoms with Crippen molar-refractivity contribution < 1.29 is 247 Å². The molecule has 0 aliphatic carbocycles. The summed E-state index contributed by atoms with van der Waals surface area (Å²) in [5.74, 6) is 0.0659. The first-order chi connectivity index (χ1) is 25.3. The Morgan fingerprint density at radius 2 is 0.824 bits per heavy atom. The number of ketones is 2. The summed E-state index contributed by atoms with van der Waals surface area (Å²) in [6.45, 7) is 22.7. The van der Waals surface area contributed by atoms with Crippen molar-refractivity contribution in [3.8, 4) is 0 Å². The molecule has 0 bridgehead atoms. The van der Waals surface area contributed by atoms with E-state index in [1.807, 2.05) is 27.7 Å². The van der Waals surface area contributed by atoms with Gasteiger partial charge in [0.2, 0.25) is 5.96 Å². The first-order valence-electron chi connectivity index (χ1n) is 16.1. The van der Waals surface area contributed by atoms with Crippen LogP contribution < -0.4 is 23.4 Å². The maximum atomic E-state index is 9.95. The number of nitrogens with zero attached hydrogens (tertiary/aromatic N) is 2. The molecule has 20 nitrogen and oxygen atoms in total. The number of carbonyl (C=O) groups is 4. The Morgan fingerprint density at radius 1 is 0.618 bits per heavy atom. The van der Waals surface area contributed by atoms with Crippen molar-refractivity contribution in [1.82, 2.24) is 15.9 Å². The van der Waals surface area contributed by atoms with Gasteiger partial charge in [0.25, 0.3) is 11.9 Å². The van der Waals surface area contributed by atoms with E-state index in [2.05, 4.69) is 40.3 Å². The molecular formula is C40H100N8O12U3V4W-8. The Labute approximate surface area is 553 Å². The summed E-state index contributed by atoms with van der Waals surface area (Å²) in [6.07, 6.45) is 5.49. The molecule has 1 aromatic rings. The number of Topliss-reactive ketones (excluding diaryl/α,β-unsaturated/α-hetero) is 2. The van der Waals surface area contributed by atoms with Gasteiger partial charge in [-0.25, -0.2) is 11.3 Å². The molecular weight excluding hydrogens is 1890 g/mol. The monoisotopic (exact) mass is 1990 g/mol. The Bertz CT molecular complexity index is 799. The van der Waals surface area contributed by atoms with Gasteiger partial charge in [0.1, 0.15) is 11.6 Å². The van der Waals surface area contributed by atoms with E-state index in [4.69, 9.17) is 31.9 Å². The smallest absolute Gasteiger partial charge is 0.271 e. The molecule has 0 spiro atoms. The molecule has 0 saturated heterocycles. The number of carbonyl (C=O) groups excluding carboxylic acids is 4. The van der Waals surface area contributed by atoms with Crippen LogP contribution in [0.5, 0.6) is 0 Å². The van der Waals surface area contributed by atoms with Crippen LogP contribution in [0.15, 0.2) is 18.5 Å². The molecule has 4 radical (unpaired) electrons. The molecule has 68 heavy (non-hydrogen) atoms. The number of esters is 2. The summed E-state index contributed by atoms with van der Waals surface area (Å²) >= 11 is 0. The number of nitrogen functional groups attached to an aromatic ring is 1. The van der Waals surface area contributed by atoms with E-state index in [0.717, 1.165) is 40.1 Å². The van der Waals surface area contributed by atoms with Crippen molar-refractivity contribution in [3.63, 3.8) is 0 Å². The standard InChI is InChI=1S/2C5H9O2.C4H6N4.C4H9NO.2C3H6O.C3H7O.2C2H6O.2CH5N.2CH4O.5CH3.H3N.3U.4V.W/c2*1-3-4-7-5(2)6;5-4(6)8-3-1-2-7-8;1-3-6-4(2)5;2*1-3(2)4;1-2-3-4;2*1-3-2;4*1-2;;;;;;;;;;;;;;/h2*4H,3H2,1-2H3;1-3H,(H3,5,6);5H,3H2,1-2H3;2*1-2H3;3-4H,2H2,1H3;2*1-2H3;2*2H2,1H3;2*2H,1H3;6*1H3;;;;;;;;/q2*-1;;;;;-1;;;;;;;5*-1;;;;;;;;;. The van der Waals surface area contributed by atoms with Crippen molar-refractivity contribution in [2.45, 2.75) is 95.4 Å². The number of aliphatic hydroxyl groups is 3. The summed E-state index contributed by atoms with van der Waals surface area (Å²) in [6, 6.07) is 1.71. The Kier molecular flexibility index (Phi) is 530. The van der Waals surface area contributed by atoms with Gasteiger partial charge in [0.05, 0.1) is 6.61 Å². The van der Waals surface area contributed by atoms with Crippen molar-refractivity contribution in [2.24, 2.45) is 17.2 Å². The minimum Gasteiger partial charge on any atom is -0.637 e. The van der Waals surface area contributed by atoms with Crippen LogP contribution in [0.2, 0.25) is 0 Å². The summed E-state index contributed by atoms with van der Waals surface area (Å²) in [5, 5.41) is 38.9. The van der Waals surface area contributed by atoms with Crippen LogP contribution in [0.25, 0.3) is 0 Å². The number of nitrogens with one attached hydrogen (secondary N) is 2. The first kappa shape index (κ1) is 172. The van der Waals surface area contributed by atoms with Gasteiger partial charge in [-0.3, -0.25) is 20.4 Å². The summed E-state index contributed by atoms with van der Waals surface area (Å²) in [4.78, 5) is 38.8. The van der Waals surface area contributed by atoms with Gasteiger partial charge in [0.15, 0.2) is 5.90 Å². The van der Waals surface area contributed by atoms with Crippen LogP contribution in [0.3, 0.4) is 0 Å². The molecule has 1 aromatic heterocycles. The molecule has 0 amide bonds. The number of ether oxygens (including phenoxy) is 5. The second-order valence-corrected chi connectivity index (χ2v) is 7.92. The van der Waals surface area contributed by atoms with Gasteiger partial charge in [-0.2, -0.15) is 24.7 Å². The van der Waals surface area contributed by atoms with Gasteiger partial charge >= 0.3 is 0 Å². The zero-order chi connectivity index (χ0) is 46.4. The number of aromatic nitrogens is 2. The second kappa shape index (κ2) is 209. The molecule has 0 saturated carbocycles. The van der Waals surface area contributed by atoms with Crippen molar-refractivity contribution in [2.75, 3.05) is 63.4 Å². The first-order valence-corrected chi connectivity index (χ1v) is 16.1. The Morgan fingerprint density at radius 3 is 0.868 bits per heavy atom. The Balaban J connectivity index is -0.0000000118. The molecule has 0 aromatic carbocycles. The summed E-state index contributed by atoms with van der Waals surface area (Å²) in [5.41, 5.74) is 14.0. The van der Waals surface area contributed by atoms with E-state index < -0.39 is 0 Å². The maximum absolute atomic E-state index is 9.95. The molecule has 0 unspecified atom stereocenters. The van der Waals surface area contributed by atoms with Gasteiger partial charge in [-0.15, -0.1) is 12.8 Å². The predicted molar refractivity (Wildman–Crippen MR) is 256 cm³/mol. The molecule has 0 aliphatic heterocycles. The zero-order valence-electron chi connectivity index (χ0n) is 46.3. The Hall–Kier alpha value is 2.29. The fourth-order valence-corrected chi connectivity index (χ4v) is 1.03. The van der Waals surface area contributed by atoms with Gasteiger partial charge < -0.3 is 109 Å². The van der Waals surface area contributed by atoms with Crippen LogP contribution in [0.1, 0.15) is 95.4 Å². The average molecular weight is 1990 g/mol. The maximum Gasteiger partial charge on any atom is 0.271 e. The van der Waals surface area contributed by atoms with Gasteiger partial charge in [-0.1, -0.05) is 20.8 Å². The van der Waals surface area contributed by atoms with Gasteiger partial charge in [-0.05, 0) is 54.8 Å². The van der Waals surface area contributed by atoms with E-state index >= 15 is 0 Å². The van der Waals surface area contributed by atoms with E-state index in [-0.39, 0.29) is 267 Å². The molecule has 28 heteroatoms. The average Bonchev–Trinajstić information content (AvgIpc) is 3.67. The SMILES string of the molecule is CC(C)=O.CC(C)=O.CCOC(C)=N.CC[CH-]O.CC[CH-]OC(C)=O.CC[CH-]OC(C)=O.CN.CN.CO.CO.COC.COC.N.N=C(N)n1cccn1.[CH3-].[CH3-].[CH3-].[CH3-].[CH3-].[U].[U].[U].[V].[V].[V].[V].[W]. The topological polar surface area (TPSA) is 354 Å². The zero-order valence-corrected chi connectivity index (χ0v) is 67.4. The number of hydrogen-bond donors (Lipinski definition) is 9. The number of methoxy groups -OCH3 is 2. The van der Waals surface area contributed by atoms with E-state index in [1.165, 1.54) is 73.5 Å². The third kappa shape index (κ3) is 483. The molecule has 418 valence electrons. The summed E-state index contributed by atoms with van der Waals surface area (Å²) in [7, 11) is 11.5. The quantitative estimate of drug-likeness (QED) is 0.0653. The minimum absolute atomic E-state index is 0. The number of hydrogen-bond acceptors (Lipinski definition) is 18. The van der Waals surface area contributed by atoms with Crippen molar-refractivity contribution in [1.29, 1.82) is 10.8 Å². The van der Waals surface area contributed by atoms with Gasteiger partial charge in [0, 0.05) is 264 Å². The van der Waals surface area contributed by atoms with Crippen LogP contribution >= 0.6 is 0 Å². The molecule has 1 heterocycles. The van der Waals surface area contributed by atoms with Crippen molar-refractivity contribution in [3.05, 3.63) is 75.4 Å². The second-order valence-electron chi connectivity index (χ2n) is 7.92. The molecule has 0 aliphatic rings. The predicted octanol–water partition coefficient (Wildman–Crippen LogP) is 6.30. The number of aliphatic hydroxyl groups excluding tert-OH is 3. The van der Waals surface area contributed by atoms with Crippen LogP contribution in [-0.4, -0.2) is 124 Å². The number of nitrogens with two attached hydrogens (primary N) is 3. The fourth-order valence-electron chi connectivity index (χ4n) is 1.03. The molecule has 0 fully saturated rings. The fraction of sp³-hybridized carbons (Fsp3) is 0.575. The molecule has 1 rings (SSSR count). The van der Waals surface area contributed by atoms with Crippen molar-refractivity contribution >= 4 is 35.4 Å². The summed E-state index contributed by atoms with van der Waals surface area (Å²) < 4.78 is 23.3. The molecule has 14 N–H and O–H groups in total. The molecule has 0 atom stereocenters. The number of rotatable bonds is 6. The third-order valence-corrected chi connectivity index (χ3v) is 2.13. The van der Waals surface area contributed by atoms with Crippen LogP contribution in [0.4, 0.5) is 0 Å². The third-order valence-electron chi connectivity index (χ3n) is 2.13. The largest absolute Gasteiger partial charge is 0.637 e. The van der Waals surface area contributed by atoms with E-state index in [9.17, 15) is 19.2 Å².